The molecule has 0 saturated carbocycles. The lowest BCUT2D eigenvalue weighted by molar-refractivity contribution is -0.128. The van der Waals surface area contributed by atoms with Crippen molar-refractivity contribution in [3.63, 3.8) is 0 Å². The number of Topliss-reactive ketones (excluding diaryl/α,β-unsaturated/α-hetero) is 1. The van der Waals surface area contributed by atoms with Gasteiger partial charge in [0.2, 0.25) is 5.91 Å². The first-order valence-electron chi connectivity index (χ1n) is 4.32. The third-order valence-corrected chi connectivity index (χ3v) is 2.52. The second-order valence-electron chi connectivity index (χ2n) is 3.28. The van der Waals surface area contributed by atoms with Crippen molar-refractivity contribution in [1.29, 1.82) is 0 Å². The van der Waals surface area contributed by atoms with Crippen molar-refractivity contribution in [1.82, 2.24) is 10.2 Å². The molecule has 0 aromatic heterocycles. The minimum Gasteiger partial charge on any atom is -0.331 e. The number of hydrogen-bond donors (Lipinski definition) is 1. The van der Waals surface area contributed by atoms with E-state index in [1.54, 1.807) is 4.90 Å². The van der Waals surface area contributed by atoms with Crippen molar-refractivity contribution in [2.45, 2.75) is 18.9 Å². The molecule has 0 bridgehead atoms. The van der Waals surface area contributed by atoms with E-state index in [-0.39, 0.29) is 24.2 Å². The maximum absolute atomic E-state index is 11.3. The number of hydrogen-bond acceptors (Lipinski definition) is 3. The Labute approximate surface area is 70.9 Å². The number of carbonyl (C=O) groups excluding carboxylic acids is 2. The van der Waals surface area contributed by atoms with Crippen LogP contribution in [0.25, 0.3) is 0 Å². The van der Waals surface area contributed by atoms with Crippen molar-refractivity contribution in [3.05, 3.63) is 0 Å². The number of rotatable bonds is 0. The Bertz CT molecular complexity index is 205. The monoisotopic (exact) mass is 168 g/mol. The zero-order valence-electron chi connectivity index (χ0n) is 6.88. The van der Waals surface area contributed by atoms with E-state index in [0.29, 0.717) is 6.54 Å². The van der Waals surface area contributed by atoms with Crippen LogP contribution in [0.5, 0.6) is 0 Å². The number of nitrogens with one attached hydrogen (secondary N) is 1. The Morgan fingerprint density at radius 3 is 3.00 bits per heavy atom. The largest absolute Gasteiger partial charge is 0.331 e. The Morgan fingerprint density at radius 2 is 2.17 bits per heavy atom. The topological polar surface area (TPSA) is 49.4 Å². The molecule has 0 radical (unpaired) electrons. The van der Waals surface area contributed by atoms with Gasteiger partial charge in [-0.25, -0.2) is 0 Å². The molecular weight excluding hydrogens is 156 g/mol. The van der Waals surface area contributed by atoms with Gasteiger partial charge in [-0.3, -0.25) is 9.59 Å². The van der Waals surface area contributed by atoms with E-state index in [0.717, 1.165) is 19.5 Å². The number of ketones is 1. The molecule has 0 aromatic rings. The van der Waals surface area contributed by atoms with Gasteiger partial charge in [0.25, 0.3) is 0 Å². The molecule has 1 N–H and O–H groups in total. The summed E-state index contributed by atoms with van der Waals surface area (Å²) in [7, 11) is 0. The van der Waals surface area contributed by atoms with Gasteiger partial charge in [-0.05, 0) is 13.0 Å². The maximum Gasteiger partial charge on any atom is 0.230 e. The predicted octanol–water partition coefficient (Wildman–Crippen LogP) is -0.850. The average Bonchev–Trinajstić information content (AvgIpc) is 2.29. The second-order valence-corrected chi connectivity index (χ2v) is 3.28. The lowest BCUT2D eigenvalue weighted by atomic mass is 10.1. The number of nitrogens with zero attached hydrogens (tertiary/aromatic N) is 1. The molecule has 2 fully saturated rings. The first kappa shape index (κ1) is 7.73. The molecule has 0 aromatic carbocycles. The van der Waals surface area contributed by atoms with Crippen LogP contribution in [0.4, 0.5) is 0 Å². The van der Waals surface area contributed by atoms with Gasteiger partial charge < -0.3 is 10.2 Å². The molecule has 1 atom stereocenters. The minimum absolute atomic E-state index is 0.00806. The normalized spacial score (nSPS) is 30.3. The van der Waals surface area contributed by atoms with Crippen molar-refractivity contribution < 1.29 is 9.59 Å². The van der Waals surface area contributed by atoms with Crippen molar-refractivity contribution in [2.75, 3.05) is 19.6 Å². The van der Waals surface area contributed by atoms with Gasteiger partial charge in [0.15, 0.2) is 5.78 Å². The lowest BCUT2D eigenvalue weighted by Gasteiger charge is -2.19. The molecule has 2 saturated heterocycles. The van der Waals surface area contributed by atoms with E-state index in [1.807, 2.05) is 0 Å². The molecule has 1 unspecified atom stereocenters. The number of fused-ring (bicyclic) bond motifs is 1. The van der Waals surface area contributed by atoms with Gasteiger partial charge in [-0.1, -0.05) is 0 Å². The zero-order valence-corrected chi connectivity index (χ0v) is 6.88. The Kier molecular flexibility index (Phi) is 1.84. The summed E-state index contributed by atoms with van der Waals surface area (Å²) in [6, 6.07) is -0.118. The lowest BCUT2D eigenvalue weighted by Crippen LogP contribution is -2.36. The fraction of sp³-hybridized carbons (Fsp3) is 0.750. The first-order chi connectivity index (χ1) is 5.79. The van der Waals surface area contributed by atoms with Gasteiger partial charge in [0.05, 0.1) is 12.5 Å². The van der Waals surface area contributed by atoms with Crippen LogP contribution in [0, 0.1) is 0 Å². The molecule has 66 valence electrons. The first-order valence-corrected chi connectivity index (χ1v) is 4.32. The summed E-state index contributed by atoms with van der Waals surface area (Å²) in [5.41, 5.74) is 0. The summed E-state index contributed by atoms with van der Waals surface area (Å²) in [5, 5.41) is 3.17. The van der Waals surface area contributed by atoms with Crippen molar-refractivity contribution in [3.8, 4) is 0 Å². The molecule has 4 heteroatoms. The van der Waals surface area contributed by atoms with Crippen molar-refractivity contribution >= 4 is 11.7 Å². The average molecular weight is 168 g/mol. The van der Waals surface area contributed by atoms with Crippen LogP contribution in [0.2, 0.25) is 0 Å². The Balaban J connectivity index is 2.17. The highest BCUT2D eigenvalue weighted by Crippen LogP contribution is 2.18. The van der Waals surface area contributed by atoms with E-state index in [2.05, 4.69) is 5.32 Å². The summed E-state index contributed by atoms with van der Waals surface area (Å²) in [6.07, 6.45) is 0.912. The van der Waals surface area contributed by atoms with E-state index in [4.69, 9.17) is 0 Å². The highest BCUT2D eigenvalue weighted by molar-refractivity contribution is 6.07. The third-order valence-electron chi connectivity index (χ3n) is 2.52. The smallest absolute Gasteiger partial charge is 0.230 e. The van der Waals surface area contributed by atoms with Crippen LogP contribution in [-0.2, 0) is 9.59 Å². The number of amides is 1. The van der Waals surface area contributed by atoms with Gasteiger partial charge in [-0.2, -0.15) is 0 Å². The van der Waals surface area contributed by atoms with E-state index in [9.17, 15) is 9.59 Å². The van der Waals surface area contributed by atoms with E-state index >= 15 is 0 Å². The molecular formula is C8H12N2O2. The Hall–Kier alpha value is -0.900. The van der Waals surface area contributed by atoms with Crippen LogP contribution < -0.4 is 5.32 Å². The minimum atomic E-state index is -0.118. The molecule has 2 aliphatic heterocycles. The third kappa shape index (κ3) is 1.12. The van der Waals surface area contributed by atoms with E-state index in [1.165, 1.54) is 0 Å². The molecule has 2 rings (SSSR count). The zero-order chi connectivity index (χ0) is 8.55. The van der Waals surface area contributed by atoms with E-state index < -0.39 is 0 Å². The second kappa shape index (κ2) is 2.86. The van der Waals surface area contributed by atoms with Crippen molar-refractivity contribution in [2.24, 2.45) is 0 Å². The summed E-state index contributed by atoms with van der Waals surface area (Å²) < 4.78 is 0. The summed E-state index contributed by atoms with van der Waals surface area (Å²) in [6.45, 7) is 2.35. The van der Waals surface area contributed by atoms with Gasteiger partial charge >= 0.3 is 0 Å². The Morgan fingerprint density at radius 1 is 1.33 bits per heavy atom. The number of carbonyl (C=O) groups is 2. The molecule has 12 heavy (non-hydrogen) atoms. The van der Waals surface area contributed by atoms with Crippen LogP contribution in [0.1, 0.15) is 12.8 Å². The molecule has 0 aliphatic carbocycles. The molecule has 1 amide bonds. The molecule has 2 aliphatic rings. The summed E-state index contributed by atoms with van der Waals surface area (Å²) >= 11 is 0. The SMILES string of the molecule is O=C1CC(=O)N2CCNCCC12. The van der Waals surface area contributed by atoms with Gasteiger partial charge in [0, 0.05) is 13.1 Å². The maximum atomic E-state index is 11.3. The fourth-order valence-corrected chi connectivity index (χ4v) is 1.88. The molecule has 2 heterocycles. The highest BCUT2D eigenvalue weighted by atomic mass is 16.2. The fourth-order valence-electron chi connectivity index (χ4n) is 1.88. The quantitative estimate of drug-likeness (QED) is 0.479. The molecule has 0 spiro atoms. The van der Waals surface area contributed by atoms with Crippen LogP contribution in [-0.4, -0.2) is 42.3 Å². The van der Waals surface area contributed by atoms with Crippen LogP contribution in [0.3, 0.4) is 0 Å². The molecule has 4 nitrogen and oxygen atoms in total. The summed E-state index contributed by atoms with van der Waals surface area (Å²) in [5.74, 6) is 0.109. The highest BCUT2D eigenvalue weighted by Gasteiger charge is 2.38. The standard InChI is InChI=1S/C8H12N2O2/c11-7-5-8(12)10-4-3-9-2-1-6(7)10/h6,9H,1-5H2. The van der Waals surface area contributed by atoms with Crippen LogP contribution in [0.15, 0.2) is 0 Å². The van der Waals surface area contributed by atoms with Gasteiger partial charge in [0.1, 0.15) is 0 Å². The predicted molar refractivity (Wildman–Crippen MR) is 42.6 cm³/mol. The van der Waals surface area contributed by atoms with Crippen LogP contribution >= 0.6 is 0 Å². The van der Waals surface area contributed by atoms with Gasteiger partial charge in [-0.15, -0.1) is 0 Å². The summed E-state index contributed by atoms with van der Waals surface area (Å²) in [4.78, 5) is 24.2.